The van der Waals surface area contributed by atoms with Crippen molar-refractivity contribution < 1.29 is 8.78 Å². The van der Waals surface area contributed by atoms with Crippen LogP contribution in [0.1, 0.15) is 0 Å². The Balaban J connectivity index is 1.23. The number of hydrogen-bond acceptors (Lipinski definition) is 3. The van der Waals surface area contributed by atoms with Gasteiger partial charge in [-0.3, -0.25) is 0 Å². The molecular formula is C51H32F2N4. The topological polar surface area (TPSA) is 43.6 Å². The molecule has 0 fully saturated rings. The number of benzene rings is 8. The molecule has 0 spiro atoms. The highest BCUT2D eigenvalue weighted by molar-refractivity contribution is 6.11. The Morgan fingerprint density at radius 2 is 0.789 bits per heavy atom. The number of aromatic nitrogens is 4. The van der Waals surface area contributed by atoms with E-state index in [1.807, 2.05) is 115 Å². The second-order valence-electron chi connectivity index (χ2n) is 13.9. The zero-order chi connectivity index (χ0) is 38.3. The summed E-state index contributed by atoms with van der Waals surface area (Å²) < 4.78 is 32.7. The summed E-state index contributed by atoms with van der Waals surface area (Å²) in [6.07, 6.45) is 0. The average Bonchev–Trinajstić information content (AvgIpc) is 3.60. The van der Waals surface area contributed by atoms with Crippen molar-refractivity contribution in [3.8, 4) is 73.2 Å². The molecule has 6 heteroatoms. The van der Waals surface area contributed by atoms with Crippen molar-refractivity contribution >= 4 is 21.8 Å². The molecule has 2 heterocycles. The molecule has 0 aliphatic rings. The van der Waals surface area contributed by atoms with Gasteiger partial charge < -0.3 is 4.57 Å². The smallest absolute Gasteiger partial charge is 0.164 e. The zero-order valence-corrected chi connectivity index (χ0v) is 30.5. The molecular weight excluding hydrogens is 707 g/mol. The predicted octanol–water partition coefficient (Wildman–Crippen LogP) is 13.2. The molecule has 0 aliphatic heterocycles. The normalized spacial score (nSPS) is 11.3. The quantitative estimate of drug-likeness (QED) is 0.164. The highest BCUT2D eigenvalue weighted by atomic mass is 19.1. The van der Waals surface area contributed by atoms with Crippen molar-refractivity contribution in [1.82, 2.24) is 19.5 Å². The van der Waals surface area contributed by atoms with Crippen LogP contribution in [0.2, 0.25) is 0 Å². The van der Waals surface area contributed by atoms with E-state index in [1.54, 1.807) is 0 Å². The van der Waals surface area contributed by atoms with Crippen molar-refractivity contribution in [1.29, 1.82) is 0 Å². The molecule has 2 aromatic heterocycles. The number of nitrogens with zero attached hydrogens (tertiary/aromatic N) is 4. The molecule has 0 saturated carbocycles. The molecule has 270 valence electrons. The molecule has 0 atom stereocenters. The molecule has 0 unspecified atom stereocenters. The van der Waals surface area contributed by atoms with Crippen molar-refractivity contribution in [3.63, 3.8) is 0 Å². The zero-order valence-electron chi connectivity index (χ0n) is 30.5. The second-order valence-corrected chi connectivity index (χ2v) is 13.9. The SMILES string of the molecule is Fc1ccc(-c2cc(-n3c4ccc(-c5ccccc5)cc4c4cc(-c5ccccc5)ccc43)ccc2-c2nc(-c3ccccc3)nc(-c3ccccc3)n2)c(F)c1. The molecule has 0 bridgehead atoms. The standard InChI is InChI=1S/C51H32F2N4/c52-39-23-25-41(46(53)31-39)43-32-40(24-26-42(43)51-55-49(35-17-9-3-10-18-35)54-50(56-51)36-19-11-4-12-20-36)57-47-27-21-37(33-13-5-1-6-14-33)29-44(47)45-30-38(22-28-48(45)57)34-15-7-2-8-16-34/h1-32H. The van der Waals surface area contributed by atoms with E-state index in [-0.39, 0.29) is 5.56 Å². The average molecular weight is 739 g/mol. The first-order chi connectivity index (χ1) is 28.1. The maximum atomic E-state index is 16.0. The minimum absolute atomic E-state index is 0.231. The highest BCUT2D eigenvalue weighted by Gasteiger charge is 2.21. The van der Waals surface area contributed by atoms with E-state index in [0.717, 1.165) is 66.9 Å². The largest absolute Gasteiger partial charge is 0.309 e. The number of fused-ring (bicyclic) bond motifs is 3. The summed E-state index contributed by atoms with van der Waals surface area (Å²) in [4.78, 5) is 14.8. The Bertz CT molecular complexity index is 2920. The third kappa shape index (κ3) is 6.33. The van der Waals surface area contributed by atoms with Crippen LogP contribution in [0.25, 0.3) is 95.0 Å². The Kier molecular flexibility index (Phi) is 8.49. The van der Waals surface area contributed by atoms with Gasteiger partial charge in [-0.05, 0) is 82.4 Å². The van der Waals surface area contributed by atoms with Gasteiger partial charge in [-0.2, -0.15) is 0 Å². The molecule has 0 radical (unpaired) electrons. The van der Waals surface area contributed by atoms with E-state index in [4.69, 9.17) is 15.0 Å². The summed E-state index contributed by atoms with van der Waals surface area (Å²) in [5, 5.41) is 2.17. The van der Waals surface area contributed by atoms with Crippen LogP contribution in [-0.4, -0.2) is 19.5 Å². The second kappa shape index (κ2) is 14.3. The molecule has 57 heavy (non-hydrogen) atoms. The van der Waals surface area contributed by atoms with Gasteiger partial charge in [0.15, 0.2) is 17.5 Å². The lowest BCUT2D eigenvalue weighted by Crippen LogP contribution is -2.02. The van der Waals surface area contributed by atoms with Crippen LogP contribution < -0.4 is 0 Å². The lowest BCUT2D eigenvalue weighted by atomic mass is 9.97. The van der Waals surface area contributed by atoms with E-state index < -0.39 is 11.6 Å². The first kappa shape index (κ1) is 34.0. The molecule has 0 saturated heterocycles. The van der Waals surface area contributed by atoms with Gasteiger partial charge in [-0.25, -0.2) is 23.7 Å². The van der Waals surface area contributed by atoms with Gasteiger partial charge in [0.05, 0.1) is 11.0 Å². The summed E-state index contributed by atoms with van der Waals surface area (Å²) in [6, 6.07) is 62.8. The lowest BCUT2D eigenvalue weighted by molar-refractivity contribution is 0.585. The first-order valence-electron chi connectivity index (χ1n) is 18.7. The molecule has 8 aromatic carbocycles. The van der Waals surface area contributed by atoms with Gasteiger partial charge in [0.1, 0.15) is 11.6 Å². The molecule has 0 aliphatic carbocycles. The van der Waals surface area contributed by atoms with Crippen molar-refractivity contribution in [3.05, 3.63) is 206 Å². The van der Waals surface area contributed by atoms with Gasteiger partial charge in [-0.15, -0.1) is 0 Å². The van der Waals surface area contributed by atoms with Crippen molar-refractivity contribution in [2.24, 2.45) is 0 Å². The summed E-state index contributed by atoms with van der Waals surface area (Å²) in [5.41, 5.74) is 10.2. The minimum Gasteiger partial charge on any atom is -0.309 e. The van der Waals surface area contributed by atoms with E-state index in [1.165, 1.54) is 12.1 Å². The maximum absolute atomic E-state index is 16.0. The van der Waals surface area contributed by atoms with Crippen LogP contribution in [0.15, 0.2) is 194 Å². The van der Waals surface area contributed by atoms with Crippen molar-refractivity contribution in [2.75, 3.05) is 0 Å². The van der Waals surface area contributed by atoms with Crippen LogP contribution in [0, 0.1) is 11.6 Å². The Hall–Kier alpha value is -7.57. The fraction of sp³-hybridized carbons (Fsp3) is 0. The number of rotatable bonds is 7. The maximum Gasteiger partial charge on any atom is 0.164 e. The van der Waals surface area contributed by atoms with E-state index in [9.17, 15) is 4.39 Å². The van der Waals surface area contributed by atoms with Gasteiger partial charge in [0.2, 0.25) is 0 Å². The monoisotopic (exact) mass is 738 g/mol. The summed E-state index contributed by atoms with van der Waals surface area (Å²) in [7, 11) is 0. The fourth-order valence-electron chi connectivity index (χ4n) is 7.65. The van der Waals surface area contributed by atoms with Crippen LogP contribution in [0.3, 0.4) is 0 Å². The molecule has 10 aromatic rings. The van der Waals surface area contributed by atoms with Gasteiger partial charge >= 0.3 is 0 Å². The highest BCUT2D eigenvalue weighted by Crippen LogP contribution is 2.40. The third-order valence-corrected chi connectivity index (χ3v) is 10.4. The summed E-state index contributed by atoms with van der Waals surface area (Å²) >= 11 is 0. The molecule has 0 N–H and O–H groups in total. The van der Waals surface area contributed by atoms with Gasteiger partial charge in [-0.1, -0.05) is 133 Å². The van der Waals surface area contributed by atoms with Crippen molar-refractivity contribution in [2.45, 2.75) is 0 Å². The molecule has 10 rings (SSSR count). The number of hydrogen-bond donors (Lipinski definition) is 0. The van der Waals surface area contributed by atoms with E-state index in [0.29, 0.717) is 28.6 Å². The van der Waals surface area contributed by atoms with Crippen LogP contribution in [-0.2, 0) is 0 Å². The van der Waals surface area contributed by atoms with E-state index in [2.05, 4.69) is 65.2 Å². The van der Waals surface area contributed by atoms with Crippen LogP contribution >= 0.6 is 0 Å². The summed E-state index contributed by atoms with van der Waals surface area (Å²) in [5.74, 6) is 0.00364. The molecule has 0 amide bonds. The van der Waals surface area contributed by atoms with Crippen LogP contribution in [0.5, 0.6) is 0 Å². The minimum atomic E-state index is -0.684. The number of halogens is 2. The van der Waals surface area contributed by atoms with Gasteiger partial charge in [0, 0.05) is 44.8 Å². The fourth-order valence-corrected chi connectivity index (χ4v) is 7.65. The Labute approximate surface area is 328 Å². The Morgan fingerprint density at radius 3 is 1.28 bits per heavy atom. The predicted molar refractivity (Wildman–Crippen MR) is 227 cm³/mol. The van der Waals surface area contributed by atoms with E-state index >= 15 is 4.39 Å². The third-order valence-electron chi connectivity index (χ3n) is 10.4. The van der Waals surface area contributed by atoms with Gasteiger partial charge in [0.25, 0.3) is 0 Å². The summed E-state index contributed by atoms with van der Waals surface area (Å²) in [6.45, 7) is 0. The Morgan fingerprint density at radius 1 is 0.333 bits per heavy atom. The first-order valence-corrected chi connectivity index (χ1v) is 18.7. The lowest BCUT2D eigenvalue weighted by Gasteiger charge is -2.16. The van der Waals surface area contributed by atoms with Crippen LogP contribution in [0.4, 0.5) is 8.78 Å². The molecule has 4 nitrogen and oxygen atoms in total.